The largest absolute Gasteiger partial charge is 0.462 e. The van der Waals surface area contributed by atoms with Crippen LogP contribution in [0, 0.1) is 6.92 Å². The highest BCUT2D eigenvalue weighted by atomic mass is 16.6. The van der Waals surface area contributed by atoms with Crippen molar-refractivity contribution in [2.75, 3.05) is 6.54 Å². The van der Waals surface area contributed by atoms with Gasteiger partial charge in [0.25, 0.3) is 0 Å². The van der Waals surface area contributed by atoms with Crippen LogP contribution in [0.5, 0.6) is 0 Å². The predicted molar refractivity (Wildman–Crippen MR) is 40.7 cm³/mol. The molecular weight excluding hydrogens is 158 g/mol. The number of cyclic esters (lactones) is 1. The molecule has 1 aliphatic rings. The van der Waals surface area contributed by atoms with Gasteiger partial charge in [0.1, 0.15) is 11.5 Å². The molecule has 0 aromatic carbocycles. The van der Waals surface area contributed by atoms with Gasteiger partial charge in [0.15, 0.2) is 6.10 Å². The van der Waals surface area contributed by atoms with Crippen LogP contribution >= 0.6 is 0 Å². The minimum Gasteiger partial charge on any atom is -0.462 e. The van der Waals surface area contributed by atoms with Crippen LogP contribution in [-0.4, -0.2) is 12.6 Å². The van der Waals surface area contributed by atoms with Gasteiger partial charge in [0.05, 0.1) is 6.54 Å². The number of ether oxygens (including phenoxy) is 1. The Morgan fingerprint density at radius 3 is 2.92 bits per heavy atom. The lowest BCUT2D eigenvalue weighted by atomic mass is 10.3. The number of hydrogen-bond donors (Lipinski definition) is 1. The summed E-state index contributed by atoms with van der Waals surface area (Å²) in [7, 11) is 0. The maximum atomic E-state index is 10.7. The van der Waals surface area contributed by atoms with Crippen LogP contribution in [0.2, 0.25) is 0 Å². The zero-order valence-corrected chi connectivity index (χ0v) is 6.66. The molecule has 0 spiro atoms. The van der Waals surface area contributed by atoms with E-state index >= 15 is 0 Å². The van der Waals surface area contributed by atoms with E-state index in [0.717, 1.165) is 5.76 Å². The third kappa shape index (κ3) is 1.15. The molecule has 0 bridgehead atoms. The van der Waals surface area contributed by atoms with E-state index in [4.69, 9.17) is 9.15 Å². The van der Waals surface area contributed by atoms with Crippen LogP contribution in [0.4, 0.5) is 4.79 Å². The maximum absolute atomic E-state index is 10.7. The number of alkyl carbamates (subject to hydrolysis) is 1. The van der Waals surface area contributed by atoms with Crippen molar-refractivity contribution < 1.29 is 13.9 Å². The lowest BCUT2D eigenvalue weighted by Gasteiger charge is -2.01. The highest BCUT2D eigenvalue weighted by Gasteiger charge is 2.26. The number of nitrogens with one attached hydrogen (secondary N) is 1. The van der Waals surface area contributed by atoms with E-state index in [0.29, 0.717) is 12.3 Å². The highest BCUT2D eigenvalue weighted by molar-refractivity contribution is 5.69. The molecule has 2 heterocycles. The second-order valence-electron chi connectivity index (χ2n) is 2.72. The molecule has 4 heteroatoms. The lowest BCUT2D eigenvalue weighted by molar-refractivity contribution is 0.128. The van der Waals surface area contributed by atoms with Crippen LogP contribution < -0.4 is 5.32 Å². The summed E-state index contributed by atoms with van der Waals surface area (Å²) in [6, 6.07) is 3.67. The van der Waals surface area contributed by atoms with Gasteiger partial charge in [0.2, 0.25) is 0 Å². The Bertz CT molecular complexity index is 305. The molecule has 12 heavy (non-hydrogen) atoms. The van der Waals surface area contributed by atoms with Crippen LogP contribution in [-0.2, 0) is 4.74 Å². The van der Waals surface area contributed by atoms with Crippen LogP contribution in [0.3, 0.4) is 0 Å². The third-order valence-electron chi connectivity index (χ3n) is 1.76. The zero-order valence-electron chi connectivity index (χ0n) is 6.66. The standard InChI is InChI=1S/C8H9NO3/c1-5-2-3-6(11-5)7-4-9-8(10)12-7/h2-3,7H,4H2,1H3,(H,9,10). The van der Waals surface area contributed by atoms with E-state index in [2.05, 4.69) is 5.32 Å². The molecule has 2 rings (SSSR count). The third-order valence-corrected chi connectivity index (χ3v) is 1.76. The first-order chi connectivity index (χ1) is 5.75. The molecule has 1 amide bonds. The number of amides is 1. The van der Waals surface area contributed by atoms with Gasteiger partial charge in [-0.05, 0) is 19.1 Å². The molecule has 1 atom stereocenters. The Hall–Kier alpha value is -1.45. The second kappa shape index (κ2) is 2.55. The van der Waals surface area contributed by atoms with Crippen LogP contribution in [0.15, 0.2) is 16.5 Å². The first-order valence-electron chi connectivity index (χ1n) is 3.76. The first-order valence-corrected chi connectivity index (χ1v) is 3.76. The first kappa shape index (κ1) is 7.21. The van der Waals surface area contributed by atoms with Crippen molar-refractivity contribution >= 4 is 6.09 Å². The molecule has 4 nitrogen and oxygen atoms in total. The SMILES string of the molecule is Cc1ccc(C2CNC(=O)O2)o1. The van der Waals surface area contributed by atoms with Crippen molar-refractivity contribution in [3.05, 3.63) is 23.7 Å². The van der Waals surface area contributed by atoms with Crippen molar-refractivity contribution in [3.63, 3.8) is 0 Å². The van der Waals surface area contributed by atoms with Crippen molar-refractivity contribution in [1.82, 2.24) is 5.32 Å². The Morgan fingerprint density at radius 2 is 2.42 bits per heavy atom. The smallest absolute Gasteiger partial charge is 0.408 e. The van der Waals surface area contributed by atoms with E-state index in [-0.39, 0.29) is 12.2 Å². The van der Waals surface area contributed by atoms with E-state index in [9.17, 15) is 4.79 Å². The van der Waals surface area contributed by atoms with Crippen LogP contribution in [0.25, 0.3) is 0 Å². The van der Waals surface area contributed by atoms with Gasteiger partial charge in [-0.1, -0.05) is 0 Å². The van der Waals surface area contributed by atoms with E-state index in [1.165, 1.54) is 0 Å². The molecule has 0 radical (unpaired) electrons. The summed E-state index contributed by atoms with van der Waals surface area (Å²) in [6.45, 7) is 2.35. The number of hydrogen-bond acceptors (Lipinski definition) is 3. The zero-order chi connectivity index (χ0) is 8.55. The van der Waals surface area contributed by atoms with Gasteiger partial charge >= 0.3 is 6.09 Å². The molecular formula is C8H9NO3. The fourth-order valence-corrected chi connectivity index (χ4v) is 1.17. The van der Waals surface area contributed by atoms with Crippen molar-refractivity contribution in [3.8, 4) is 0 Å². The molecule has 0 aliphatic carbocycles. The number of carbonyl (C=O) groups is 1. The summed E-state index contributed by atoms with van der Waals surface area (Å²) < 4.78 is 10.2. The summed E-state index contributed by atoms with van der Waals surface area (Å²) in [4.78, 5) is 10.7. The van der Waals surface area contributed by atoms with Gasteiger partial charge in [-0.15, -0.1) is 0 Å². The van der Waals surface area contributed by atoms with E-state index < -0.39 is 0 Å². The quantitative estimate of drug-likeness (QED) is 0.687. The van der Waals surface area contributed by atoms with Crippen molar-refractivity contribution in [2.24, 2.45) is 0 Å². The fourth-order valence-electron chi connectivity index (χ4n) is 1.17. The lowest BCUT2D eigenvalue weighted by Crippen LogP contribution is -2.12. The molecule has 1 unspecified atom stereocenters. The maximum Gasteiger partial charge on any atom is 0.408 e. The second-order valence-corrected chi connectivity index (χ2v) is 2.72. The summed E-state index contributed by atoms with van der Waals surface area (Å²) >= 11 is 0. The Kier molecular flexibility index (Phi) is 1.53. The summed E-state index contributed by atoms with van der Waals surface area (Å²) in [6.07, 6.45) is -0.639. The van der Waals surface area contributed by atoms with Gasteiger partial charge in [0, 0.05) is 0 Å². The Morgan fingerprint density at radius 1 is 1.58 bits per heavy atom. The monoisotopic (exact) mass is 167 g/mol. The molecule has 1 aliphatic heterocycles. The fraction of sp³-hybridized carbons (Fsp3) is 0.375. The Balaban J connectivity index is 2.15. The van der Waals surface area contributed by atoms with Gasteiger partial charge in [-0.2, -0.15) is 0 Å². The van der Waals surface area contributed by atoms with Gasteiger partial charge in [-0.3, -0.25) is 0 Å². The predicted octanol–water partition coefficient (Wildman–Crippen LogP) is 1.37. The molecule has 0 saturated carbocycles. The summed E-state index contributed by atoms with van der Waals surface area (Å²) in [5, 5.41) is 2.56. The summed E-state index contributed by atoms with van der Waals surface area (Å²) in [5.41, 5.74) is 0. The van der Waals surface area contributed by atoms with Crippen LogP contribution in [0.1, 0.15) is 17.6 Å². The molecule has 1 saturated heterocycles. The topological polar surface area (TPSA) is 51.5 Å². The number of aryl methyl sites for hydroxylation is 1. The average molecular weight is 167 g/mol. The molecule has 1 aromatic heterocycles. The van der Waals surface area contributed by atoms with Crippen molar-refractivity contribution in [2.45, 2.75) is 13.0 Å². The number of rotatable bonds is 1. The number of carbonyl (C=O) groups excluding carboxylic acids is 1. The van der Waals surface area contributed by atoms with E-state index in [1.807, 2.05) is 19.1 Å². The molecule has 1 fully saturated rings. The van der Waals surface area contributed by atoms with E-state index in [1.54, 1.807) is 0 Å². The normalized spacial score (nSPS) is 22.1. The minimum absolute atomic E-state index is 0.258. The Labute approximate surface area is 69.5 Å². The molecule has 64 valence electrons. The minimum atomic E-state index is -0.381. The average Bonchev–Trinajstić information content (AvgIpc) is 2.58. The number of furan rings is 1. The molecule has 1 N–H and O–H groups in total. The molecule has 1 aromatic rings. The summed E-state index contributed by atoms with van der Waals surface area (Å²) in [5.74, 6) is 1.53. The van der Waals surface area contributed by atoms with Gasteiger partial charge < -0.3 is 14.5 Å². The van der Waals surface area contributed by atoms with Gasteiger partial charge in [-0.25, -0.2) is 4.79 Å². The van der Waals surface area contributed by atoms with Crippen molar-refractivity contribution in [1.29, 1.82) is 0 Å². The highest BCUT2D eigenvalue weighted by Crippen LogP contribution is 2.22.